The zero-order valence-corrected chi connectivity index (χ0v) is 6.82. The van der Waals surface area contributed by atoms with Crippen molar-refractivity contribution in [3.05, 3.63) is 0 Å². The Balaban J connectivity index is 2.24. The fourth-order valence-electron chi connectivity index (χ4n) is 1.41. The predicted molar refractivity (Wildman–Crippen MR) is 41.8 cm³/mol. The van der Waals surface area contributed by atoms with E-state index in [1.807, 2.05) is 6.92 Å². The van der Waals surface area contributed by atoms with Gasteiger partial charge in [0.05, 0.1) is 18.1 Å². The molecule has 0 bridgehead atoms. The first-order valence-electron chi connectivity index (χ1n) is 4.02. The van der Waals surface area contributed by atoms with Gasteiger partial charge >= 0.3 is 0 Å². The van der Waals surface area contributed by atoms with E-state index in [-0.39, 0.29) is 12.0 Å². The summed E-state index contributed by atoms with van der Waals surface area (Å²) in [6.07, 6.45) is 0.693. The lowest BCUT2D eigenvalue weighted by atomic mass is 10.2. The van der Waals surface area contributed by atoms with Gasteiger partial charge in [0.2, 0.25) is 0 Å². The standard InChI is InChI=1S/C8H14N2O/c1-7(4-9)5-10-3-2-8(11)6-10/h7-8,11H,2-3,5-6H2,1H3/t7?,8-/m1/s1. The maximum atomic E-state index is 9.16. The minimum atomic E-state index is -0.166. The largest absolute Gasteiger partial charge is 0.392 e. The Hall–Kier alpha value is -0.590. The second-order valence-corrected chi connectivity index (χ2v) is 3.23. The summed E-state index contributed by atoms with van der Waals surface area (Å²) in [4.78, 5) is 2.14. The van der Waals surface area contributed by atoms with E-state index in [2.05, 4.69) is 11.0 Å². The molecule has 1 saturated heterocycles. The van der Waals surface area contributed by atoms with Gasteiger partial charge in [-0.2, -0.15) is 5.26 Å². The van der Waals surface area contributed by atoms with Crippen molar-refractivity contribution in [2.45, 2.75) is 19.4 Å². The fourth-order valence-corrected chi connectivity index (χ4v) is 1.41. The lowest BCUT2D eigenvalue weighted by Gasteiger charge is -2.15. The molecule has 1 aliphatic rings. The number of aliphatic hydroxyl groups is 1. The molecule has 1 heterocycles. The summed E-state index contributed by atoms with van der Waals surface area (Å²) < 4.78 is 0. The van der Waals surface area contributed by atoms with Crippen LogP contribution < -0.4 is 0 Å². The predicted octanol–water partition coefficient (Wildman–Crippen LogP) is 0.213. The van der Waals surface area contributed by atoms with Crippen LogP contribution in [-0.2, 0) is 0 Å². The van der Waals surface area contributed by atoms with Crippen molar-refractivity contribution in [1.29, 1.82) is 5.26 Å². The molecule has 62 valence electrons. The molecule has 0 aromatic heterocycles. The molecule has 2 atom stereocenters. The summed E-state index contributed by atoms with van der Waals surface area (Å²) >= 11 is 0. The molecule has 1 N–H and O–H groups in total. The molecule has 1 fully saturated rings. The van der Waals surface area contributed by atoms with Crippen LogP contribution in [0.3, 0.4) is 0 Å². The van der Waals surface area contributed by atoms with Crippen molar-refractivity contribution in [1.82, 2.24) is 4.90 Å². The molecule has 1 unspecified atom stereocenters. The lowest BCUT2D eigenvalue weighted by molar-refractivity contribution is 0.174. The smallest absolute Gasteiger partial charge is 0.0679 e. The van der Waals surface area contributed by atoms with Crippen molar-refractivity contribution in [2.75, 3.05) is 19.6 Å². The summed E-state index contributed by atoms with van der Waals surface area (Å²) in [7, 11) is 0. The Labute approximate surface area is 67.2 Å². The minimum absolute atomic E-state index is 0.0836. The lowest BCUT2D eigenvalue weighted by Crippen LogP contribution is -2.26. The molecule has 3 nitrogen and oxygen atoms in total. The van der Waals surface area contributed by atoms with Gasteiger partial charge in [0, 0.05) is 19.6 Å². The number of hydrogen-bond donors (Lipinski definition) is 1. The number of aliphatic hydroxyl groups excluding tert-OH is 1. The van der Waals surface area contributed by atoms with Crippen molar-refractivity contribution in [3.63, 3.8) is 0 Å². The molecule has 0 amide bonds. The van der Waals surface area contributed by atoms with Crippen LogP contribution in [0.4, 0.5) is 0 Å². The monoisotopic (exact) mass is 154 g/mol. The number of rotatable bonds is 2. The van der Waals surface area contributed by atoms with E-state index in [0.29, 0.717) is 0 Å². The molecule has 0 spiro atoms. The number of β-amino-alcohol motifs (C(OH)–C–C–N with tert-alkyl or cyclic N) is 1. The van der Waals surface area contributed by atoms with Gasteiger partial charge in [-0.15, -0.1) is 0 Å². The Morgan fingerprint density at radius 2 is 2.55 bits per heavy atom. The summed E-state index contributed by atoms with van der Waals surface area (Å²) in [5.74, 6) is 0.0836. The SMILES string of the molecule is CC(C#N)CN1CC[C@@H](O)C1. The molecule has 0 aliphatic carbocycles. The van der Waals surface area contributed by atoms with Crippen molar-refractivity contribution in [2.24, 2.45) is 5.92 Å². The molecule has 0 aromatic carbocycles. The zero-order chi connectivity index (χ0) is 8.27. The maximum Gasteiger partial charge on any atom is 0.0679 e. The van der Waals surface area contributed by atoms with Crippen LogP contribution in [0, 0.1) is 17.2 Å². The van der Waals surface area contributed by atoms with Crippen LogP contribution in [0.5, 0.6) is 0 Å². The number of hydrogen-bond acceptors (Lipinski definition) is 3. The van der Waals surface area contributed by atoms with Gasteiger partial charge in [-0.05, 0) is 13.3 Å². The third-order valence-electron chi connectivity index (χ3n) is 2.00. The van der Waals surface area contributed by atoms with Crippen LogP contribution in [0.2, 0.25) is 0 Å². The summed E-state index contributed by atoms with van der Waals surface area (Å²) in [5, 5.41) is 17.7. The van der Waals surface area contributed by atoms with E-state index >= 15 is 0 Å². The van der Waals surface area contributed by atoms with Gasteiger partial charge in [0.25, 0.3) is 0 Å². The number of nitrogens with zero attached hydrogens (tertiary/aromatic N) is 2. The fraction of sp³-hybridized carbons (Fsp3) is 0.875. The molecule has 1 aliphatic heterocycles. The number of likely N-dealkylation sites (tertiary alicyclic amines) is 1. The molecular weight excluding hydrogens is 140 g/mol. The van der Waals surface area contributed by atoms with Crippen LogP contribution in [0.1, 0.15) is 13.3 Å². The average molecular weight is 154 g/mol. The van der Waals surface area contributed by atoms with Crippen molar-refractivity contribution in [3.8, 4) is 6.07 Å². The topological polar surface area (TPSA) is 47.3 Å². The minimum Gasteiger partial charge on any atom is -0.392 e. The molecule has 0 radical (unpaired) electrons. The van der Waals surface area contributed by atoms with Gasteiger partial charge in [0.15, 0.2) is 0 Å². The van der Waals surface area contributed by atoms with Crippen LogP contribution in [0.25, 0.3) is 0 Å². The van der Waals surface area contributed by atoms with E-state index in [1.165, 1.54) is 0 Å². The molecule has 0 aromatic rings. The molecular formula is C8H14N2O. The normalized spacial score (nSPS) is 28.3. The maximum absolute atomic E-state index is 9.16. The highest BCUT2D eigenvalue weighted by atomic mass is 16.3. The highest BCUT2D eigenvalue weighted by Crippen LogP contribution is 2.10. The van der Waals surface area contributed by atoms with E-state index in [4.69, 9.17) is 10.4 Å². The Bertz CT molecular complexity index is 164. The number of nitriles is 1. The second-order valence-electron chi connectivity index (χ2n) is 3.23. The molecule has 11 heavy (non-hydrogen) atoms. The Morgan fingerprint density at radius 3 is 3.00 bits per heavy atom. The third kappa shape index (κ3) is 2.49. The van der Waals surface area contributed by atoms with Crippen molar-refractivity contribution >= 4 is 0 Å². The van der Waals surface area contributed by atoms with Gasteiger partial charge in [0.1, 0.15) is 0 Å². The first-order chi connectivity index (χ1) is 5.22. The van der Waals surface area contributed by atoms with Crippen LogP contribution >= 0.6 is 0 Å². The van der Waals surface area contributed by atoms with Gasteiger partial charge in [-0.1, -0.05) is 0 Å². The quantitative estimate of drug-likeness (QED) is 0.618. The Morgan fingerprint density at radius 1 is 1.82 bits per heavy atom. The molecule has 0 saturated carbocycles. The third-order valence-corrected chi connectivity index (χ3v) is 2.00. The average Bonchev–Trinajstić information content (AvgIpc) is 2.35. The van der Waals surface area contributed by atoms with E-state index in [1.54, 1.807) is 0 Å². The summed E-state index contributed by atoms with van der Waals surface area (Å²) in [6, 6.07) is 2.18. The molecule has 3 heteroatoms. The van der Waals surface area contributed by atoms with Crippen LogP contribution in [0.15, 0.2) is 0 Å². The molecule has 1 rings (SSSR count). The van der Waals surface area contributed by atoms with E-state index < -0.39 is 0 Å². The first-order valence-corrected chi connectivity index (χ1v) is 4.02. The van der Waals surface area contributed by atoms with E-state index in [0.717, 1.165) is 26.1 Å². The summed E-state index contributed by atoms with van der Waals surface area (Å²) in [5.41, 5.74) is 0. The highest BCUT2D eigenvalue weighted by Gasteiger charge is 2.20. The van der Waals surface area contributed by atoms with E-state index in [9.17, 15) is 0 Å². The summed E-state index contributed by atoms with van der Waals surface area (Å²) in [6.45, 7) is 4.39. The van der Waals surface area contributed by atoms with Gasteiger partial charge < -0.3 is 5.11 Å². The van der Waals surface area contributed by atoms with Gasteiger partial charge in [-0.3, -0.25) is 4.90 Å². The Kier molecular flexibility index (Phi) is 2.86. The van der Waals surface area contributed by atoms with Gasteiger partial charge in [-0.25, -0.2) is 0 Å². The second kappa shape index (κ2) is 3.70. The first kappa shape index (κ1) is 8.51. The zero-order valence-electron chi connectivity index (χ0n) is 6.82. The van der Waals surface area contributed by atoms with Crippen LogP contribution in [-0.4, -0.2) is 35.7 Å². The highest BCUT2D eigenvalue weighted by molar-refractivity contribution is 4.84. The van der Waals surface area contributed by atoms with Crippen molar-refractivity contribution < 1.29 is 5.11 Å².